The number of aromatic nitrogens is 1. The number of amides is 1. The molecule has 478 valence electrons. The van der Waals surface area contributed by atoms with Gasteiger partial charge in [0.2, 0.25) is 6.08 Å². The van der Waals surface area contributed by atoms with E-state index in [0.29, 0.717) is 23.3 Å². The van der Waals surface area contributed by atoms with Gasteiger partial charge in [0.15, 0.2) is 6.10 Å². The summed E-state index contributed by atoms with van der Waals surface area (Å²) in [6.07, 6.45) is 10.5. The quantitative estimate of drug-likeness (QED) is 0.0393. The van der Waals surface area contributed by atoms with Crippen LogP contribution in [0.15, 0.2) is 114 Å². The maximum Gasteiger partial charge on any atom is 0.265 e. The summed E-state index contributed by atoms with van der Waals surface area (Å²) in [7, 11) is 11.2. The predicted octanol–water partition coefficient (Wildman–Crippen LogP) is 15.9. The number of pyridine rings is 1. The summed E-state index contributed by atoms with van der Waals surface area (Å²) >= 11 is 0. The molecule has 3 saturated heterocycles. The molecular formula is C70H111FN8O5SSi. The number of hydrogen-bond donors (Lipinski definition) is 0. The molecule has 10 rings (SSSR count). The highest BCUT2D eigenvalue weighted by Gasteiger charge is 2.53. The highest BCUT2D eigenvalue weighted by Crippen LogP contribution is 2.46. The standard InChI is InChI=1S/C27H19FN2O4S.C8H10.C5H8N2.C5H11N.C5H13N.C5H14Si.C5H10.C3H9N.C3H8.C2H3NO.C2H6/c1-35(32,33)34-26-25(23-13-11-17(28)15-29-23)30(27(26)31)24-14-22-18-7-3-2-6-16(18)10-12-20(22)19-8-4-5-9-21(19)24;1-7-3-5-8(2)6-4-7;1-7-3-5(2-6)4-7;1-6-4-2-3-5-6;1-5(2)6(3)4;1-5-6(2,3)4;1-5-3-2-4-5;1-4(2)3;1-3-2;1-3-2-4;1-2/h2-15,25-26H,1H3;3-6H,1-2H3;5H,3-4H2,1H3;2-5H2,1H3;5H,1-4H3;5H2,1-4H3;5H,2-4H2,1H3;1-3H3;3H2,1-2H3;1H3;1-2H3/t25-,26-;;;;;;;;;;/m0........../s1. The molecule has 86 heavy (non-hydrogen) atoms. The van der Waals surface area contributed by atoms with Crippen molar-refractivity contribution in [1.82, 2.24) is 24.6 Å². The molecular weight excluding hydrogens is 1110 g/mol. The predicted molar refractivity (Wildman–Crippen MR) is 369 cm³/mol. The van der Waals surface area contributed by atoms with Crippen molar-refractivity contribution < 1.29 is 26.6 Å². The number of halogens is 1. The minimum Gasteiger partial charge on any atom is -0.312 e. The van der Waals surface area contributed by atoms with E-state index in [1.165, 1.54) is 98.9 Å². The number of aliphatic imine (C=N–C) groups is 1. The minimum atomic E-state index is -3.93. The van der Waals surface area contributed by atoms with Crippen LogP contribution >= 0.6 is 0 Å². The van der Waals surface area contributed by atoms with Crippen LogP contribution in [0.5, 0.6) is 0 Å². The molecule has 0 N–H and O–H groups in total. The number of carbonyl (C=O) groups excluding carboxylic acids is 2. The number of isocyanates is 1. The number of benzene rings is 5. The van der Waals surface area contributed by atoms with E-state index in [0.717, 1.165) is 63.8 Å². The number of rotatable bonds is 6. The van der Waals surface area contributed by atoms with Crippen LogP contribution in [0.3, 0.4) is 0 Å². The van der Waals surface area contributed by atoms with Gasteiger partial charge in [-0.3, -0.25) is 18.9 Å². The number of hydrogen-bond acceptors (Lipinski definition) is 12. The SMILES string of the molecule is CC.CC(C)N(C)C.CC1CCC1.CCC.CC[Si](C)(C)C.CN(C)C.CN1CC(C#N)C1.CN1CCCC1.CN=C=O.CS(=O)(=O)O[C@@H]1C(=O)N(c2cc3c4ccccc4ccc3c3ccccc23)[C@H]1c1ccc(F)cn1.Cc1ccc(C)cc1. The van der Waals surface area contributed by atoms with Crippen molar-refractivity contribution in [3.63, 3.8) is 0 Å². The molecule has 3 aliphatic heterocycles. The zero-order valence-corrected chi connectivity index (χ0v) is 58.8. The first-order valence-corrected chi connectivity index (χ1v) is 36.2. The Morgan fingerprint density at radius 3 is 1.55 bits per heavy atom. The van der Waals surface area contributed by atoms with Crippen LogP contribution in [0, 0.1) is 42.8 Å². The molecule has 16 heteroatoms. The molecule has 4 heterocycles. The Kier molecular flexibility index (Phi) is 40.1. The van der Waals surface area contributed by atoms with E-state index in [1.54, 1.807) is 0 Å². The lowest BCUT2D eigenvalue weighted by Gasteiger charge is -2.45. The summed E-state index contributed by atoms with van der Waals surface area (Å²) in [6.45, 7) is 33.1. The fourth-order valence-electron chi connectivity index (χ4n) is 7.81. The summed E-state index contributed by atoms with van der Waals surface area (Å²) < 4.78 is 42.6. The van der Waals surface area contributed by atoms with Crippen LogP contribution in [-0.2, 0) is 23.9 Å². The average Bonchev–Trinajstić information content (AvgIpc) is 0.948. The van der Waals surface area contributed by atoms with Crippen molar-refractivity contribution in [2.45, 2.75) is 152 Å². The molecule has 4 aliphatic rings. The van der Waals surface area contributed by atoms with Crippen LogP contribution < -0.4 is 4.90 Å². The molecule has 0 spiro atoms. The third-order valence-electron chi connectivity index (χ3n) is 13.8. The van der Waals surface area contributed by atoms with Crippen molar-refractivity contribution in [3.8, 4) is 6.07 Å². The lowest BCUT2D eigenvalue weighted by Crippen LogP contribution is -2.61. The lowest BCUT2D eigenvalue weighted by atomic mass is 9.88. The number of aryl methyl sites for hydroxylation is 2. The van der Waals surface area contributed by atoms with E-state index in [1.807, 2.05) is 102 Å². The average molecular weight is 1220 g/mol. The third kappa shape index (κ3) is 31.8. The number of likely N-dealkylation sites (tertiary alicyclic amines) is 2. The number of β-lactam (4-membered cyclic amide) rings is 1. The van der Waals surface area contributed by atoms with Crippen molar-refractivity contribution in [3.05, 3.63) is 132 Å². The van der Waals surface area contributed by atoms with Crippen LogP contribution in [-0.4, -0.2) is 154 Å². The van der Waals surface area contributed by atoms with E-state index < -0.39 is 42.1 Å². The van der Waals surface area contributed by atoms with Gasteiger partial charge in [-0.25, -0.2) is 14.2 Å². The summed E-state index contributed by atoms with van der Waals surface area (Å²) in [5.41, 5.74) is 3.60. The summed E-state index contributed by atoms with van der Waals surface area (Å²) in [4.78, 5) is 39.5. The van der Waals surface area contributed by atoms with Crippen molar-refractivity contribution in [1.29, 1.82) is 5.26 Å². The molecule has 5 aromatic carbocycles. The van der Waals surface area contributed by atoms with Crippen LogP contribution in [0.25, 0.3) is 32.3 Å². The van der Waals surface area contributed by atoms with Gasteiger partial charge in [-0.05, 0) is 154 Å². The Balaban J connectivity index is 0.00000114. The van der Waals surface area contributed by atoms with Crippen LogP contribution in [0.1, 0.15) is 117 Å². The second-order valence-corrected chi connectivity index (χ2v) is 31.6. The van der Waals surface area contributed by atoms with E-state index >= 15 is 0 Å². The zero-order chi connectivity index (χ0) is 65.7. The minimum absolute atomic E-state index is 0.324. The van der Waals surface area contributed by atoms with Gasteiger partial charge in [0.25, 0.3) is 16.0 Å². The zero-order valence-electron chi connectivity index (χ0n) is 57.0. The molecule has 13 nitrogen and oxygen atoms in total. The Morgan fingerprint density at radius 2 is 1.21 bits per heavy atom. The number of carbonyl (C=O) groups is 1. The van der Waals surface area contributed by atoms with Gasteiger partial charge < -0.3 is 19.6 Å². The molecule has 1 saturated carbocycles. The highest BCUT2D eigenvalue weighted by atomic mass is 32.2. The Bertz CT molecular complexity index is 2990. The first-order valence-electron chi connectivity index (χ1n) is 30.7. The molecule has 2 atom stereocenters. The fourth-order valence-corrected chi connectivity index (χ4v) is 8.37. The molecule has 4 fully saturated rings. The highest BCUT2D eigenvalue weighted by molar-refractivity contribution is 7.86. The molecule has 0 unspecified atom stereocenters. The van der Waals surface area contributed by atoms with E-state index in [9.17, 15) is 17.6 Å². The van der Waals surface area contributed by atoms with Crippen molar-refractivity contribution in [2.75, 3.05) is 93.7 Å². The molecule has 1 amide bonds. The van der Waals surface area contributed by atoms with Gasteiger partial charge in [0, 0.05) is 39.6 Å². The second kappa shape index (κ2) is 43.0. The van der Waals surface area contributed by atoms with Gasteiger partial charge in [-0.2, -0.15) is 13.7 Å². The number of anilines is 1. The van der Waals surface area contributed by atoms with Crippen LogP contribution in [0.4, 0.5) is 10.1 Å². The molecule has 1 aliphatic carbocycles. The van der Waals surface area contributed by atoms with E-state index in [4.69, 9.17) is 14.2 Å². The van der Waals surface area contributed by atoms with E-state index in [-0.39, 0.29) is 0 Å². The number of fused-ring (bicyclic) bond motifs is 5. The molecule has 0 bridgehead atoms. The van der Waals surface area contributed by atoms with Gasteiger partial charge in [0.1, 0.15) is 11.9 Å². The summed E-state index contributed by atoms with van der Waals surface area (Å²) in [5.74, 6) is 0.352. The number of nitriles is 1. The van der Waals surface area contributed by atoms with Gasteiger partial charge in [0.05, 0.1) is 35.8 Å². The van der Waals surface area contributed by atoms with Gasteiger partial charge in [-0.15, -0.1) is 0 Å². The lowest BCUT2D eigenvalue weighted by molar-refractivity contribution is -0.134. The monoisotopic (exact) mass is 1220 g/mol. The summed E-state index contributed by atoms with van der Waals surface area (Å²) in [5, 5.41) is 14.1. The van der Waals surface area contributed by atoms with E-state index in [2.05, 4.69) is 163 Å². The van der Waals surface area contributed by atoms with Gasteiger partial charge in [-0.1, -0.05) is 189 Å². The van der Waals surface area contributed by atoms with Crippen LogP contribution in [0.2, 0.25) is 25.7 Å². The molecule has 1 aromatic heterocycles. The van der Waals surface area contributed by atoms with Gasteiger partial charge >= 0.3 is 0 Å². The maximum atomic E-state index is 13.6. The third-order valence-corrected chi connectivity index (χ3v) is 16.4. The Morgan fingerprint density at radius 1 is 0.767 bits per heavy atom. The van der Waals surface area contributed by atoms with Crippen molar-refractivity contribution >= 4 is 68.2 Å². The molecule has 6 aromatic rings. The Hall–Kier alpha value is -5.73. The second-order valence-electron chi connectivity index (χ2n) is 24.2. The maximum absolute atomic E-state index is 13.6. The normalized spacial score (nSPS) is 16.0. The Labute approximate surface area is 522 Å². The summed E-state index contributed by atoms with van der Waals surface area (Å²) in [6, 6.07) is 36.4. The largest absolute Gasteiger partial charge is 0.312 e. The first kappa shape index (κ1) is 80.3. The fraction of sp³-hybridized carbons (Fsp3) is 0.543. The number of nitrogens with zero attached hydrogens (tertiary/aromatic N) is 8. The molecule has 0 radical (unpaired) electrons. The topological polar surface area (TPSA) is 143 Å². The van der Waals surface area contributed by atoms with Crippen molar-refractivity contribution in [2.24, 2.45) is 16.8 Å². The first-order chi connectivity index (χ1) is 40.5. The smallest absolute Gasteiger partial charge is 0.265 e.